The van der Waals surface area contributed by atoms with Crippen LogP contribution in [0, 0.1) is 0 Å². The first-order valence-corrected chi connectivity index (χ1v) is 11.8. The van der Waals surface area contributed by atoms with Crippen LogP contribution in [0.1, 0.15) is 35.2 Å². The number of pyridine rings is 1. The fraction of sp³-hybridized carbons (Fsp3) is 0.148. The Hall–Kier alpha value is -3.61. The maximum Gasteiger partial charge on any atom is 0.256 e. The molecule has 1 aliphatic heterocycles. The van der Waals surface area contributed by atoms with E-state index >= 15 is 0 Å². The highest BCUT2D eigenvalue weighted by Crippen LogP contribution is 2.42. The summed E-state index contributed by atoms with van der Waals surface area (Å²) in [5, 5.41) is 4.70. The molecule has 0 aliphatic carbocycles. The van der Waals surface area contributed by atoms with Crippen molar-refractivity contribution in [2.75, 3.05) is 11.9 Å². The zero-order valence-corrected chi connectivity index (χ0v) is 20.2. The number of anilines is 1. The molecule has 6 nitrogen and oxygen atoms in total. The lowest BCUT2D eigenvalue weighted by molar-refractivity contribution is -0.119. The Bertz CT molecular complexity index is 1450. The molecular weight excluding hydrogens is 487 g/mol. The second-order valence-corrected chi connectivity index (χ2v) is 9.08. The summed E-state index contributed by atoms with van der Waals surface area (Å²) in [5.74, 6) is 1.50. The van der Waals surface area contributed by atoms with E-state index in [9.17, 15) is 9.59 Å². The van der Waals surface area contributed by atoms with Crippen molar-refractivity contribution in [1.82, 2.24) is 4.98 Å². The summed E-state index contributed by atoms with van der Waals surface area (Å²) >= 11 is 12.4. The van der Waals surface area contributed by atoms with E-state index in [-0.39, 0.29) is 17.6 Å². The molecule has 0 saturated carbocycles. The number of carbonyl (C=O) groups is 2. The Morgan fingerprint density at radius 2 is 1.83 bits per heavy atom. The lowest BCUT2D eigenvalue weighted by Crippen LogP contribution is -2.19. The number of nitrogens with zero attached hydrogens (tertiary/aromatic N) is 1. The van der Waals surface area contributed by atoms with Gasteiger partial charge in [-0.05, 0) is 74.0 Å². The number of fused-ring (bicyclic) bond motifs is 2. The zero-order chi connectivity index (χ0) is 24.5. The fourth-order valence-electron chi connectivity index (χ4n) is 4.05. The Morgan fingerprint density at radius 1 is 1.03 bits per heavy atom. The standard InChI is InChI=1S/C27H20Cl2N2O4/c1-15(32)20-10-11-34-24-14-25(22(29)13-21(20)24)35-19-6-2-16(3-7-19)27(33)31-26-9-4-17-12-18(28)5-8-23(17)30-26/h2-9,12-14,20H,10-11H2,1H3,(H,30,31,33). The van der Waals surface area contributed by atoms with Gasteiger partial charge in [-0.2, -0.15) is 0 Å². The van der Waals surface area contributed by atoms with Crippen molar-refractivity contribution in [3.63, 3.8) is 0 Å². The van der Waals surface area contributed by atoms with Gasteiger partial charge in [0.25, 0.3) is 5.91 Å². The van der Waals surface area contributed by atoms with E-state index < -0.39 is 0 Å². The number of halogens is 2. The number of hydrogen-bond donors (Lipinski definition) is 1. The summed E-state index contributed by atoms with van der Waals surface area (Å²) in [6, 6.07) is 19.0. The molecule has 8 heteroatoms. The van der Waals surface area contributed by atoms with Crippen molar-refractivity contribution < 1.29 is 19.1 Å². The number of amides is 1. The van der Waals surface area contributed by atoms with E-state index in [2.05, 4.69) is 10.3 Å². The maximum absolute atomic E-state index is 12.7. The number of rotatable bonds is 5. The molecule has 0 bridgehead atoms. The summed E-state index contributed by atoms with van der Waals surface area (Å²) in [5.41, 5.74) is 1.95. The van der Waals surface area contributed by atoms with E-state index in [1.54, 1.807) is 61.5 Å². The first kappa shape index (κ1) is 23.1. The van der Waals surface area contributed by atoms with Gasteiger partial charge in [0, 0.05) is 33.5 Å². The summed E-state index contributed by atoms with van der Waals surface area (Å²) < 4.78 is 11.7. The molecule has 0 radical (unpaired) electrons. The van der Waals surface area contributed by atoms with Crippen molar-refractivity contribution >= 4 is 51.6 Å². The number of aromatic nitrogens is 1. The third-order valence-electron chi connectivity index (χ3n) is 5.83. The minimum absolute atomic E-state index is 0.0800. The predicted molar refractivity (Wildman–Crippen MR) is 136 cm³/mol. The van der Waals surface area contributed by atoms with Crippen LogP contribution in [0.2, 0.25) is 10.0 Å². The van der Waals surface area contributed by atoms with E-state index in [4.69, 9.17) is 32.7 Å². The SMILES string of the molecule is CC(=O)C1CCOc2cc(Oc3ccc(C(=O)Nc4ccc5cc(Cl)ccc5n4)cc3)c(Cl)cc21. The van der Waals surface area contributed by atoms with Crippen LogP contribution in [0.5, 0.6) is 17.2 Å². The van der Waals surface area contributed by atoms with Crippen LogP contribution in [0.3, 0.4) is 0 Å². The first-order valence-electron chi connectivity index (χ1n) is 11.0. The molecule has 0 spiro atoms. The lowest BCUT2D eigenvalue weighted by Gasteiger charge is -2.25. The van der Waals surface area contributed by atoms with Gasteiger partial charge in [0.2, 0.25) is 0 Å². The third-order valence-corrected chi connectivity index (χ3v) is 6.36. The van der Waals surface area contributed by atoms with Gasteiger partial charge in [-0.1, -0.05) is 23.2 Å². The Labute approximate surface area is 211 Å². The van der Waals surface area contributed by atoms with Crippen LogP contribution < -0.4 is 14.8 Å². The smallest absolute Gasteiger partial charge is 0.256 e. The number of Topliss-reactive ketones (excluding diaryl/α,β-unsaturated/α-hetero) is 1. The van der Waals surface area contributed by atoms with Crippen molar-refractivity contribution in [2.24, 2.45) is 0 Å². The van der Waals surface area contributed by atoms with Crippen molar-refractivity contribution in [3.05, 3.63) is 87.9 Å². The van der Waals surface area contributed by atoms with Crippen LogP contribution in [0.15, 0.2) is 66.7 Å². The molecule has 1 aliphatic rings. The normalized spacial score (nSPS) is 14.7. The van der Waals surface area contributed by atoms with E-state index in [0.717, 1.165) is 16.5 Å². The number of hydrogen-bond acceptors (Lipinski definition) is 5. The molecule has 35 heavy (non-hydrogen) atoms. The quantitative estimate of drug-likeness (QED) is 0.314. The number of ketones is 1. The molecule has 3 aromatic carbocycles. The molecular formula is C27H20Cl2N2O4. The van der Waals surface area contributed by atoms with Gasteiger partial charge in [-0.15, -0.1) is 0 Å². The van der Waals surface area contributed by atoms with Crippen LogP contribution in [-0.4, -0.2) is 23.3 Å². The van der Waals surface area contributed by atoms with Crippen LogP contribution in [-0.2, 0) is 4.79 Å². The number of carbonyl (C=O) groups excluding carboxylic acids is 2. The predicted octanol–water partition coefficient (Wildman–Crippen LogP) is 7.04. The Balaban J connectivity index is 1.30. The molecule has 1 unspecified atom stereocenters. The van der Waals surface area contributed by atoms with E-state index in [0.29, 0.717) is 51.7 Å². The molecule has 1 aromatic heterocycles. The molecule has 0 saturated heterocycles. The number of ether oxygens (including phenoxy) is 2. The molecule has 2 heterocycles. The molecule has 176 valence electrons. The van der Waals surface area contributed by atoms with Crippen molar-refractivity contribution in [3.8, 4) is 17.2 Å². The highest BCUT2D eigenvalue weighted by molar-refractivity contribution is 6.32. The average Bonchev–Trinajstić information content (AvgIpc) is 2.84. The first-order chi connectivity index (χ1) is 16.9. The maximum atomic E-state index is 12.7. The van der Waals surface area contributed by atoms with Gasteiger partial charge in [0.15, 0.2) is 0 Å². The summed E-state index contributed by atoms with van der Waals surface area (Å²) in [7, 11) is 0. The fourth-order valence-corrected chi connectivity index (χ4v) is 4.44. The highest BCUT2D eigenvalue weighted by Gasteiger charge is 2.27. The second-order valence-electron chi connectivity index (χ2n) is 8.23. The van der Waals surface area contributed by atoms with Gasteiger partial charge in [0.05, 0.1) is 17.1 Å². The summed E-state index contributed by atoms with van der Waals surface area (Å²) in [6.07, 6.45) is 0.630. The van der Waals surface area contributed by atoms with E-state index in [1.165, 1.54) is 0 Å². The van der Waals surface area contributed by atoms with Crippen LogP contribution in [0.4, 0.5) is 5.82 Å². The van der Waals surface area contributed by atoms with Crippen LogP contribution >= 0.6 is 23.2 Å². The molecule has 1 N–H and O–H groups in total. The minimum Gasteiger partial charge on any atom is -0.493 e. The lowest BCUT2D eigenvalue weighted by atomic mass is 9.90. The van der Waals surface area contributed by atoms with Gasteiger partial charge >= 0.3 is 0 Å². The zero-order valence-electron chi connectivity index (χ0n) is 18.7. The third kappa shape index (κ3) is 4.94. The second kappa shape index (κ2) is 9.56. The van der Waals surface area contributed by atoms with Crippen molar-refractivity contribution in [2.45, 2.75) is 19.3 Å². The molecule has 4 aromatic rings. The highest BCUT2D eigenvalue weighted by atomic mass is 35.5. The molecule has 1 atom stereocenters. The van der Waals surface area contributed by atoms with E-state index in [1.807, 2.05) is 12.1 Å². The summed E-state index contributed by atoms with van der Waals surface area (Å²) in [6.45, 7) is 2.03. The van der Waals surface area contributed by atoms with Crippen molar-refractivity contribution in [1.29, 1.82) is 0 Å². The minimum atomic E-state index is -0.298. The summed E-state index contributed by atoms with van der Waals surface area (Å²) in [4.78, 5) is 29.1. The monoisotopic (exact) mass is 506 g/mol. The molecule has 0 fully saturated rings. The van der Waals surface area contributed by atoms with Crippen LogP contribution in [0.25, 0.3) is 10.9 Å². The van der Waals surface area contributed by atoms with Gasteiger partial charge in [0.1, 0.15) is 28.8 Å². The average molecular weight is 507 g/mol. The van der Waals surface area contributed by atoms with Gasteiger partial charge in [-0.25, -0.2) is 4.98 Å². The topological polar surface area (TPSA) is 77.5 Å². The number of benzene rings is 3. The molecule has 1 amide bonds. The Kier molecular flexibility index (Phi) is 6.32. The van der Waals surface area contributed by atoms with Gasteiger partial charge < -0.3 is 14.8 Å². The Morgan fingerprint density at radius 3 is 2.60 bits per heavy atom. The van der Waals surface area contributed by atoms with Gasteiger partial charge in [-0.3, -0.25) is 9.59 Å². The largest absolute Gasteiger partial charge is 0.493 e. The molecule has 5 rings (SSSR count). The number of nitrogens with one attached hydrogen (secondary N) is 1.